The Kier molecular flexibility index (Phi) is 4.77. The third-order valence-corrected chi connectivity index (χ3v) is 3.57. The highest BCUT2D eigenvalue weighted by Gasteiger charge is 2.16. The van der Waals surface area contributed by atoms with Crippen LogP contribution in [-0.4, -0.2) is 6.54 Å². The number of hydrogen-bond acceptors (Lipinski definition) is 2. The van der Waals surface area contributed by atoms with Gasteiger partial charge in [-0.1, -0.05) is 13.0 Å². The van der Waals surface area contributed by atoms with E-state index in [9.17, 15) is 4.39 Å². The quantitative estimate of drug-likeness (QED) is 0.870. The molecular weight excluding hydrogens is 309 g/mol. The molecule has 0 bridgehead atoms. The van der Waals surface area contributed by atoms with E-state index in [1.54, 1.807) is 12.3 Å². The fourth-order valence-electron chi connectivity index (χ4n) is 2.02. The minimum atomic E-state index is -0.249. The van der Waals surface area contributed by atoms with Crippen LogP contribution in [0.5, 0.6) is 0 Å². The minimum absolute atomic E-state index is 0.0225. The van der Waals surface area contributed by atoms with E-state index in [1.165, 1.54) is 6.07 Å². The molecule has 2 rings (SSSR count). The van der Waals surface area contributed by atoms with E-state index in [-0.39, 0.29) is 11.9 Å². The number of aryl methyl sites for hydroxylation is 1. The first-order valence-electron chi connectivity index (χ1n) is 6.35. The normalized spacial score (nSPS) is 12.6. The van der Waals surface area contributed by atoms with Gasteiger partial charge in [0.1, 0.15) is 11.6 Å². The van der Waals surface area contributed by atoms with Crippen LogP contribution in [0.15, 0.2) is 39.4 Å². The lowest BCUT2D eigenvalue weighted by molar-refractivity contribution is 0.523. The maximum atomic E-state index is 13.3. The van der Waals surface area contributed by atoms with E-state index >= 15 is 0 Å². The van der Waals surface area contributed by atoms with Crippen molar-refractivity contribution >= 4 is 15.9 Å². The van der Waals surface area contributed by atoms with Crippen molar-refractivity contribution in [1.29, 1.82) is 0 Å². The Hall–Kier alpha value is -1.13. The maximum absolute atomic E-state index is 13.3. The summed E-state index contributed by atoms with van der Waals surface area (Å²) >= 11 is 3.23. The van der Waals surface area contributed by atoms with Gasteiger partial charge in [0.15, 0.2) is 0 Å². The van der Waals surface area contributed by atoms with Crippen LogP contribution in [0.1, 0.15) is 36.3 Å². The standard InChI is InChI=1S/C15H17BrFNO/c1-3-6-18-15(12-7-10(2)19-9-12)11-4-5-14(17)13(16)8-11/h4-5,7-9,15,18H,3,6H2,1-2H3. The van der Waals surface area contributed by atoms with Crippen LogP contribution in [0, 0.1) is 12.7 Å². The lowest BCUT2D eigenvalue weighted by Crippen LogP contribution is -2.22. The first-order chi connectivity index (χ1) is 9.11. The predicted molar refractivity (Wildman–Crippen MR) is 77.7 cm³/mol. The molecule has 1 N–H and O–H groups in total. The molecule has 1 atom stereocenters. The van der Waals surface area contributed by atoms with Gasteiger partial charge >= 0.3 is 0 Å². The molecular formula is C15H17BrFNO. The molecule has 0 amide bonds. The van der Waals surface area contributed by atoms with Crippen LogP contribution in [0.2, 0.25) is 0 Å². The highest BCUT2D eigenvalue weighted by atomic mass is 79.9. The zero-order valence-corrected chi connectivity index (χ0v) is 12.6. The summed E-state index contributed by atoms with van der Waals surface area (Å²) in [7, 11) is 0. The molecule has 19 heavy (non-hydrogen) atoms. The SMILES string of the molecule is CCCNC(c1coc(C)c1)c1ccc(F)c(Br)c1. The number of nitrogens with one attached hydrogen (secondary N) is 1. The molecule has 0 spiro atoms. The fourth-order valence-corrected chi connectivity index (χ4v) is 2.42. The second kappa shape index (κ2) is 6.35. The van der Waals surface area contributed by atoms with Gasteiger partial charge in [-0.3, -0.25) is 0 Å². The van der Waals surface area contributed by atoms with E-state index in [4.69, 9.17) is 4.42 Å². The van der Waals surface area contributed by atoms with Gasteiger partial charge in [0, 0.05) is 5.56 Å². The highest BCUT2D eigenvalue weighted by molar-refractivity contribution is 9.10. The van der Waals surface area contributed by atoms with Crippen molar-refractivity contribution in [3.05, 3.63) is 57.7 Å². The molecule has 0 aliphatic rings. The van der Waals surface area contributed by atoms with Gasteiger partial charge in [-0.05, 0) is 59.6 Å². The number of furan rings is 1. The zero-order chi connectivity index (χ0) is 13.8. The molecule has 2 nitrogen and oxygen atoms in total. The van der Waals surface area contributed by atoms with Crippen LogP contribution < -0.4 is 5.32 Å². The summed E-state index contributed by atoms with van der Waals surface area (Å²) < 4.78 is 19.2. The number of benzene rings is 1. The Morgan fingerprint density at radius 2 is 2.11 bits per heavy atom. The van der Waals surface area contributed by atoms with Gasteiger partial charge in [0.05, 0.1) is 16.8 Å². The van der Waals surface area contributed by atoms with Crippen molar-refractivity contribution in [2.24, 2.45) is 0 Å². The third-order valence-electron chi connectivity index (χ3n) is 2.96. The highest BCUT2D eigenvalue weighted by Crippen LogP contribution is 2.27. The van der Waals surface area contributed by atoms with Crippen LogP contribution >= 0.6 is 15.9 Å². The van der Waals surface area contributed by atoms with E-state index in [2.05, 4.69) is 28.2 Å². The fraction of sp³-hybridized carbons (Fsp3) is 0.333. The molecule has 0 saturated heterocycles. The monoisotopic (exact) mass is 325 g/mol. The molecule has 1 heterocycles. The zero-order valence-electron chi connectivity index (χ0n) is 11.0. The Bertz CT molecular complexity index is 553. The van der Waals surface area contributed by atoms with Crippen molar-refractivity contribution < 1.29 is 8.81 Å². The van der Waals surface area contributed by atoms with Gasteiger partial charge in [0.2, 0.25) is 0 Å². The molecule has 0 saturated carbocycles. The third kappa shape index (κ3) is 3.45. The van der Waals surface area contributed by atoms with E-state index < -0.39 is 0 Å². The Morgan fingerprint density at radius 1 is 1.32 bits per heavy atom. The molecule has 102 valence electrons. The number of halogens is 2. The van der Waals surface area contributed by atoms with Gasteiger partial charge in [-0.2, -0.15) is 0 Å². The molecule has 0 fully saturated rings. The predicted octanol–water partition coefficient (Wildman–Crippen LogP) is 4.58. The molecule has 1 unspecified atom stereocenters. The largest absolute Gasteiger partial charge is 0.469 e. The molecule has 1 aromatic carbocycles. The van der Waals surface area contributed by atoms with Gasteiger partial charge < -0.3 is 9.73 Å². The molecule has 4 heteroatoms. The van der Waals surface area contributed by atoms with Crippen LogP contribution in [0.25, 0.3) is 0 Å². The molecule has 0 radical (unpaired) electrons. The first-order valence-corrected chi connectivity index (χ1v) is 7.14. The molecule has 1 aromatic heterocycles. The van der Waals surface area contributed by atoms with Crippen LogP contribution in [0.3, 0.4) is 0 Å². The second-order valence-corrected chi connectivity index (χ2v) is 5.41. The summed E-state index contributed by atoms with van der Waals surface area (Å²) in [4.78, 5) is 0. The number of hydrogen-bond donors (Lipinski definition) is 1. The van der Waals surface area contributed by atoms with Gasteiger partial charge in [0.25, 0.3) is 0 Å². The van der Waals surface area contributed by atoms with Crippen LogP contribution in [0.4, 0.5) is 4.39 Å². The van der Waals surface area contributed by atoms with Crippen LogP contribution in [-0.2, 0) is 0 Å². The smallest absolute Gasteiger partial charge is 0.137 e. The average Bonchev–Trinajstić information content (AvgIpc) is 2.80. The van der Waals surface area contributed by atoms with Crippen molar-refractivity contribution in [3.63, 3.8) is 0 Å². The summed E-state index contributed by atoms with van der Waals surface area (Å²) in [5, 5.41) is 3.46. The Labute approximate surface area is 121 Å². The summed E-state index contributed by atoms with van der Waals surface area (Å²) in [5.41, 5.74) is 2.08. The summed E-state index contributed by atoms with van der Waals surface area (Å²) in [6.45, 7) is 4.93. The van der Waals surface area contributed by atoms with Gasteiger partial charge in [-0.15, -0.1) is 0 Å². The summed E-state index contributed by atoms with van der Waals surface area (Å²) in [6.07, 6.45) is 2.79. The second-order valence-electron chi connectivity index (χ2n) is 4.55. The summed E-state index contributed by atoms with van der Waals surface area (Å²) in [5.74, 6) is 0.626. The van der Waals surface area contributed by atoms with Gasteiger partial charge in [-0.25, -0.2) is 4.39 Å². The minimum Gasteiger partial charge on any atom is -0.469 e. The molecule has 0 aliphatic heterocycles. The van der Waals surface area contributed by atoms with Crippen molar-refractivity contribution in [3.8, 4) is 0 Å². The van der Waals surface area contributed by atoms with E-state index in [1.807, 2.05) is 19.1 Å². The molecule has 0 aliphatic carbocycles. The lowest BCUT2D eigenvalue weighted by atomic mass is 10.0. The lowest BCUT2D eigenvalue weighted by Gasteiger charge is -2.18. The van der Waals surface area contributed by atoms with E-state index in [0.717, 1.165) is 29.9 Å². The van der Waals surface area contributed by atoms with Crippen molar-refractivity contribution in [2.75, 3.05) is 6.54 Å². The average molecular weight is 326 g/mol. The topological polar surface area (TPSA) is 25.2 Å². The molecule has 2 aromatic rings. The Balaban J connectivity index is 2.33. The van der Waals surface area contributed by atoms with E-state index in [0.29, 0.717) is 4.47 Å². The summed E-state index contributed by atoms with van der Waals surface area (Å²) in [6, 6.07) is 7.12. The number of rotatable bonds is 5. The first kappa shape index (κ1) is 14.3. The van der Waals surface area contributed by atoms with Crippen molar-refractivity contribution in [2.45, 2.75) is 26.3 Å². The van der Waals surface area contributed by atoms with Crippen molar-refractivity contribution in [1.82, 2.24) is 5.32 Å². The Morgan fingerprint density at radius 3 is 2.68 bits per heavy atom. The maximum Gasteiger partial charge on any atom is 0.137 e.